The van der Waals surface area contributed by atoms with Gasteiger partial charge in [-0.25, -0.2) is 4.98 Å². The highest BCUT2D eigenvalue weighted by Crippen LogP contribution is 2.19. The maximum Gasteiger partial charge on any atom is 0.335 e. The second kappa shape index (κ2) is 25.3. The summed E-state index contributed by atoms with van der Waals surface area (Å²) in [7, 11) is 3.19. The van der Waals surface area contributed by atoms with E-state index in [1.165, 1.54) is 38.6 Å². The van der Waals surface area contributed by atoms with Crippen LogP contribution in [0.25, 0.3) is 22.1 Å². The SMILES string of the molecule is CN(CC(C)(C)CO)C(=O)Cn1c(=O)c(C(=O)NCc2ccc(Cl)cc2)cc2ccc(=O)[nH]c21.Cc1ccc2cc(C(=O)NCc3ccc(Cl)cc3)c(=O)n(CC(=O)N(C)CC(C)(C)CO)c2n1.O=S=O. The van der Waals surface area contributed by atoms with E-state index in [2.05, 4.69) is 20.6 Å². The summed E-state index contributed by atoms with van der Waals surface area (Å²) in [5.41, 5.74) is -0.189. The van der Waals surface area contributed by atoms with Crippen LogP contribution in [0.3, 0.4) is 0 Å². The zero-order chi connectivity index (χ0) is 52.8. The fourth-order valence-corrected chi connectivity index (χ4v) is 7.33. The molecule has 4 amide bonds. The normalized spacial score (nSPS) is 11.1. The summed E-state index contributed by atoms with van der Waals surface area (Å²) in [6.45, 7) is 9.19. The van der Waals surface area contributed by atoms with Crippen LogP contribution in [0, 0.1) is 17.8 Å². The predicted molar refractivity (Wildman–Crippen MR) is 271 cm³/mol. The predicted octanol–water partition coefficient (Wildman–Crippen LogP) is 3.85. The summed E-state index contributed by atoms with van der Waals surface area (Å²) in [4.78, 5) is 100. The standard InChI is InChI=1S/C25H29ClN4O4.C24H27ClN4O5.O2S/c1-16-5-8-18-11-20(23(33)27-12-17-6-9-19(26)10-7-17)24(34)30(22(18)28-16)13-21(32)29(4)14-25(2,3)15-31;1-24(2,14-30)13-28(3)20(32)12-29-21-16(6-9-19(31)27-21)10-18(23(29)34)22(33)26-11-15-4-7-17(25)8-5-15;1-3-2/h5-11,31H,12-15H2,1-4H3,(H,27,33);4-10,30H,11-14H2,1-3H3,(H,26,33)(H,27,31);. The molecule has 4 aromatic heterocycles. The Kier molecular flexibility index (Phi) is 20.2. The molecule has 19 nitrogen and oxygen atoms in total. The van der Waals surface area contributed by atoms with Crippen LogP contribution < -0.4 is 27.3 Å². The number of benzene rings is 2. The molecule has 0 fully saturated rings. The van der Waals surface area contributed by atoms with Gasteiger partial charge in [0.05, 0.1) is 0 Å². The van der Waals surface area contributed by atoms with Crippen molar-refractivity contribution in [3.05, 3.63) is 154 Å². The van der Waals surface area contributed by atoms with E-state index in [0.29, 0.717) is 38.7 Å². The number of halogens is 2. The molecule has 0 aliphatic heterocycles. The second-order valence-corrected chi connectivity index (χ2v) is 19.2. The number of aliphatic hydroxyl groups is 2. The van der Waals surface area contributed by atoms with Crippen molar-refractivity contribution in [3.63, 3.8) is 0 Å². The van der Waals surface area contributed by atoms with Gasteiger partial charge in [0.25, 0.3) is 22.9 Å². The van der Waals surface area contributed by atoms with E-state index >= 15 is 0 Å². The first kappa shape index (κ1) is 56.7. The van der Waals surface area contributed by atoms with Crippen LogP contribution in [0.1, 0.15) is 65.2 Å². The van der Waals surface area contributed by atoms with Crippen LogP contribution >= 0.6 is 23.2 Å². The van der Waals surface area contributed by atoms with Crippen molar-refractivity contribution in [2.45, 2.75) is 60.8 Å². The maximum absolute atomic E-state index is 13.3. The lowest BCUT2D eigenvalue weighted by molar-refractivity contribution is -0.132. The zero-order valence-electron chi connectivity index (χ0n) is 40.2. The topological polar surface area (TPSA) is 263 Å². The Morgan fingerprint density at radius 1 is 0.662 bits per heavy atom. The number of carbonyl (C=O) groups excluding carboxylic acids is 4. The summed E-state index contributed by atoms with van der Waals surface area (Å²) >= 11 is 11.0. The van der Waals surface area contributed by atoms with Crippen LogP contribution in [0.2, 0.25) is 10.0 Å². The lowest BCUT2D eigenvalue weighted by Crippen LogP contribution is -2.42. The number of nitrogens with zero attached hydrogens (tertiary/aromatic N) is 5. The molecule has 378 valence electrons. The third-order valence-electron chi connectivity index (χ3n) is 10.9. The fourth-order valence-electron chi connectivity index (χ4n) is 7.08. The van der Waals surface area contributed by atoms with Crippen LogP contribution in [-0.2, 0) is 47.3 Å². The molecule has 0 unspecified atom stereocenters. The summed E-state index contributed by atoms with van der Waals surface area (Å²) in [6, 6.07) is 23.1. The molecule has 71 heavy (non-hydrogen) atoms. The van der Waals surface area contributed by atoms with Gasteiger partial charge in [-0.1, -0.05) is 75.2 Å². The first-order valence-corrected chi connectivity index (χ1v) is 23.3. The largest absolute Gasteiger partial charge is 0.396 e. The van der Waals surface area contributed by atoms with Gasteiger partial charge < -0.3 is 35.6 Å². The number of rotatable bonds is 16. The highest BCUT2D eigenvalue weighted by molar-refractivity contribution is 7.51. The number of aromatic amines is 1. The van der Waals surface area contributed by atoms with Crippen molar-refractivity contribution in [3.8, 4) is 0 Å². The number of aromatic nitrogens is 4. The van der Waals surface area contributed by atoms with E-state index in [1.807, 2.05) is 27.7 Å². The lowest BCUT2D eigenvalue weighted by atomic mass is 9.94. The molecular formula is C49H56Cl2N8O11S. The van der Waals surface area contributed by atoms with Crippen LogP contribution in [0.4, 0.5) is 0 Å². The number of fused-ring (bicyclic) bond motifs is 2. The Morgan fingerprint density at radius 3 is 1.52 bits per heavy atom. The van der Waals surface area contributed by atoms with Crippen LogP contribution in [-0.4, -0.2) is 112 Å². The molecule has 2 aromatic carbocycles. The smallest absolute Gasteiger partial charge is 0.335 e. The molecular weight excluding hydrogens is 980 g/mol. The fraction of sp³-hybridized carbons (Fsp3) is 0.347. The van der Waals surface area contributed by atoms with Crippen molar-refractivity contribution in [2.24, 2.45) is 10.8 Å². The number of hydrogen-bond donors (Lipinski definition) is 5. The summed E-state index contributed by atoms with van der Waals surface area (Å²) in [6.07, 6.45) is 0. The minimum atomic E-state index is -0.750. The van der Waals surface area contributed by atoms with Gasteiger partial charge in [0.2, 0.25) is 17.4 Å². The van der Waals surface area contributed by atoms with Gasteiger partial charge in [-0.2, -0.15) is 8.42 Å². The Hall–Kier alpha value is -6.84. The Morgan fingerprint density at radius 2 is 1.07 bits per heavy atom. The van der Waals surface area contributed by atoms with Gasteiger partial charge in [0.1, 0.15) is 35.5 Å². The number of nitrogens with one attached hydrogen (secondary N) is 3. The number of hydrogen-bond acceptors (Lipinski definition) is 12. The number of amides is 4. The van der Waals surface area contributed by atoms with E-state index in [4.69, 9.17) is 31.6 Å². The Balaban J connectivity index is 0.000000292. The first-order valence-electron chi connectivity index (χ1n) is 21.9. The van der Waals surface area contributed by atoms with Crippen molar-refractivity contribution in [2.75, 3.05) is 40.4 Å². The van der Waals surface area contributed by atoms with Crippen LogP contribution in [0.5, 0.6) is 0 Å². The molecule has 6 rings (SSSR count). The quantitative estimate of drug-likeness (QED) is 0.0927. The van der Waals surface area contributed by atoms with Gasteiger partial charge in [-0.3, -0.25) is 42.7 Å². The summed E-state index contributed by atoms with van der Waals surface area (Å²) in [5, 5.41) is 26.6. The van der Waals surface area contributed by atoms with Gasteiger partial charge in [0.15, 0.2) is 0 Å². The van der Waals surface area contributed by atoms with Crippen molar-refractivity contribution < 1.29 is 37.8 Å². The number of aryl methyl sites for hydroxylation is 1. The third kappa shape index (κ3) is 16.1. The van der Waals surface area contributed by atoms with Crippen molar-refractivity contribution in [1.29, 1.82) is 0 Å². The molecule has 0 spiro atoms. The van der Waals surface area contributed by atoms with Crippen molar-refractivity contribution >= 4 is 80.5 Å². The molecule has 0 radical (unpaired) electrons. The molecule has 5 N–H and O–H groups in total. The average molecular weight is 1040 g/mol. The molecule has 4 heterocycles. The van der Waals surface area contributed by atoms with Gasteiger partial charge in [-0.15, -0.1) is 0 Å². The van der Waals surface area contributed by atoms with E-state index in [0.717, 1.165) is 15.7 Å². The summed E-state index contributed by atoms with van der Waals surface area (Å²) in [5.74, 6) is -1.89. The molecule has 0 aliphatic carbocycles. The zero-order valence-corrected chi connectivity index (χ0v) is 42.5. The Labute approximate surface area is 422 Å². The number of H-pyrrole nitrogens is 1. The Bertz CT molecular complexity index is 3110. The third-order valence-corrected chi connectivity index (χ3v) is 11.4. The second-order valence-electron chi connectivity index (χ2n) is 18.2. The summed E-state index contributed by atoms with van der Waals surface area (Å²) < 4.78 is 18.9. The number of carbonyl (C=O) groups is 4. The molecule has 22 heteroatoms. The highest BCUT2D eigenvalue weighted by atomic mass is 35.5. The lowest BCUT2D eigenvalue weighted by Gasteiger charge is -2.28. The highest BCUT2D eigenvalue weighted by Gasteiger charge is 2.26. The van der Waals surface area contributed by atoms with E-state index in [-0.39, 0.29) is 68.6 Å². The minimum Gasteiger partial charge on any atom is -0.396 e. The van der Waals surface area contributed by atoms with E-state index in [1.54, 1.807) is 81.7 Å². The minimum absolute atomic E-state index is 0.0711. The van der Waals surface area contributed by atoms with Gasteiger partial charge in [-0.05, 0) is 72.6 Å². The maximum atomic E-state index is 13.3. The van der Waals surface area contributed by atoms with Gasteiger partial charge in [0, 0.05) is 96.9 Å². The molecule has 0 saturated heterocycles. The number of pyridine rings is 4. The molecule has 6 aromatic rings. The van der Waals surface area contributed by atoms with Crippen molar-refractivity contribution in [1.82, 2.24) is 39.5 Å². The van der Waals surface area contributed by atoms with Crippen LogP contribution in [0.15, 0.2) is 99.3 Å². The first-order chi connectivity index (χ1) is 33.4. The monoisotopic (exact) mass is 1030 g/mol. The van der Waals surface area contributed by atoms with E-state index in [9.17, 15) is 43.8 Å². The number of aliphatic hydroxyl groups excluding tert-OH is 2. The average Bonchev–Trinajstić information content (AvgIpc) is 3.32. The molecule has 0 bridgehead atoms. The number of likely N-dealkylation sites (N-methyl/N-ethyl adjacent to an activating group) is 2. The molecule has 0 aliphatic rings. The molecule has 0 saturated carbocycles. The molecule has 0 atom stereocenters. The van der Waals surface area contributed by atoms with E-state index < -0.39 is 56.8 Å². The van der Waals surface area contributed by atoms with Gasteiger partial charge >= 0.3 is 11.6 Å².